The molecule has 4 heterocycles. The molecule has 4 fully saturated rings. The number of hydrogen-bond donors (Lipinski definition) is 2. The quantitative estimate of drug-likeness (QED) is 0.0317. The van der Waals surface area contributed by atoms with Crippen LogP contribution in [0.5, 0.6) is 0 Å². The van der Waals surface area contributed by atoms with E-state index in [0.29, 0.717) is 12.8 Å². The average molecular weight is 1420 g/mol. The van der Waals surface area contributed by atoms with Crippen LogP contribution in [0, 0.1) is 11.8 Å². The molecule has 14 heteroatoms. The van der Waals surface area contributed by atoms with Gasteiger partial charge >= 0.3 is 11.9 Å². The van der Waals surface area contributed by atoms with E-state index in [2.05, 4.69) is 90.1 Å². The Hall–Kier alpha value is -4.58. The molecule has 4 aliphatic heterocycles. The van der Waals surface area contributed by atoms with Crippen molar-refractivity contribution in [3.8, 4) is 0 Å². The van der Waals surface area contributed by atoms with Crippen molar-refractivity contribution in [2.24, 2.45) is 11.8 Å². The molecule has 4 aromatic carbocycles. The van der Waals surface area contributed by atoms with Gasteiger partial charge in [0.25, 0.3) is 0 Å². The summed E-state index contributed by atoms with van der Waals surface area (Å²) in [5.74, 6) is 1.11. The minimum absolute atomic E-state index is 0.182. The summed E-state index contributed by atoms with van der Waals surface area (Å²) in [6, 6.07) is 33.1. The first-order valence-electron chi connectivity index (χ1n) is 41.2. The molecule has 8 rings (SSSR count). The van der Waals surface area contributed by atoms with Crippen LogP contribution in [-0.2, 0) is 82.6 Å². The number of ether oxygens (including phenoxy) is 10. The number of fused-ring (bicyclic) bond motifs is 2. The Labute approximate surface area is 615 Å². The Morgan fingerprint density at radius 1 is 0.343 bits per heavy atom. The summed E-state index contributed by atoms with van der Waals surface area (Å²) in [5.41, 5.74) is 8.52. The van der Waals surface area contributed by atoms with Crippen LogP contribution in [0.2, 0.25) is 0 Å². The van der Waals surface area contributed by atoms with Gasteiger partial charge in [-0.15, -0.1) is 0 Å². The van der Waals surface area contributed by atoms with Crippen LogP contribution in [0.1, 0.15) is 330 Å². The maximum Gasteiger partial charge on any atom is 0.305 e. The summed E-state index contributed by atoms with van der Waals surface area (Å²) in [4.78, 5) is 26.2. The Morgan fingerprint density at radius 3 is 0.912 bits per heavy atom. The summed E-state index contributed by atoms with van der Waals surface area (Å²) in [6.45, 7) is 13.5. The van der Waals surface area contributed by atoms with Crippen molar-refractivity contribution in [3.05, 3.63) is 142 Å². The fraction of sp³-hybridized carbons (Fsp3) is 0.705. The predicted octanol–water partition coefficient (Wildman–Crippen LogP) is 20.8. The standard InChI is InChI=1S/C88H134O14/c1-7-13-29-39-69(41-31-25-21-17-15-19-23-27-33-43-79(91)93-61-75(89)81-83-77(97-87(99-81)73-57-49-67(37-11-5)50-58-73)63-95-85(101-83)71-53-45-65(35-9-3)46-54-71)70(40-30-14-8-2)42-32-26-22-18-16-20-24-28-34-44-80(92)94-62-76(90)82-84-78(98-88(100-82)74-59-51-68(38-12-6)52-60-74)64-96-86(102-84)72-55-47-66(36-10-4)48-56-72/h45-60,69-70,75-78,81-90H,7-44,61-64H2,1-6H3. The molecule has 14 unspecified atom stereocenters. The molecule has 0 spiro atoms. The normalized spacial score (nSPS) is 23.2. The van der Waals surface area contributed by atoms with Gasteiger partial charge < -0.3 is 57.6 Å². The second kappa shape index (κ2) is 47.9. The third kappa shape index (κ3) is 28.3. The summed E-state index contributed by atoms with van der Waals surface area (Å²) in [5, 5.41) is 23.3. The van der Waals surface area contributed by atoms with Crippen LogP contribution in [-0.4, -0.2) is 97.4 Å². The molecule has 4 aliphatic rings. The van der Waals surface area contributed by atoms with E-state index in [1.165, 1.54) is 164 Å². The summed E-state index contributed by atoms with van der Waals surface area (Å²) in [6.07, 6.45) is 34.8. The molecule has 0 saturated carbocycles. The van der Waals surface area contributed by atoms with E-state index in [1.54, 1.807) is 0 Å². The molecular formula is C88H134O14. The van der Waals surface area contributed by atoms with E-state index in [-0.39, 0.29) is 38.4 Å². The number of aliphatic hydroxyl groups excluding tert-OH is 2. The molecule has 0 amide bonds. The minimum Gasteiger partial charge on any atom is -0.463 e. The first kappa shape index (κ1) is 83.1. The van der Waals surface area contributed by atoms with E-state index in [9.17, 15) is 19.8 Å². The maximum atomic E-state index is 13.1. The fourth-order valence-electron chi connectivity index (χ4n) is 15.6. The van der Waals surface area contributed by atoms with Crippen LogP contribution in [0.4, 0.5) is 0 Å². The summed E-state index contributed by atoms with van der Waals surface area (Å²) in [7, 11) is 0. The van der Waals surface area contributed by atoms with E-state index in [4.69, 9.17) is 47.4 Å². The van der Waals surface area contributed by atoms with Crippen molar-refractivity contribution in [1.82, 2.24) is 0 Å². The highest BCUT2D eigenvalue weighted by atomic mass is 16.8. The van der Waals surface area contributed by atoms with Crippen molar-refractivity contribution < 1.29 is 67.2 Å². The maximum absolute atomic E-state index is 13.1. The van der Waals surface area contributed by atoms with Gasteiger partial charge in [-0.2, -0.15) is 0 Å². The predicted molar refractivity (Wildman–Crippen MR) is 405 cm³/mol. The lowest BCUT2D eigenvalue weighted by Crippen LogP contribution is -2.58. The molecular weight excluding hydrogens is 1280 g/mol. The van der Waals surface area contributed by atoms with Crippen LogP contribution in [0.15, 0.2) is 97.1 Å². The molecule has 14 nitrogen and oxygen atoms in total. The number of unbranched alkanes of at least 4 members (excludes halogenated alkanes) is 20. The Balaban J connectivity index is 0.665. The molecule has 570 valence electrons. The summed E-state index contributed by atoms with van der Waals surface area (Å²) < 4.78 is 62.8. The van der Waals surface area contributed by atoms with E-state index >= 15 is 0 Å². The smallest absolute Gasteiger partial charge is 0.305 e. The second-order valence-corrected chi connectivity index (χ2v) is 30.2. The molecule has 0 radical (unpaired) electrons. The largest absolute Gasteiger partial charge is 0.463 e. The summed E-state index contributed by atoms with van der Waals surface area (Å²) >= 11 is 0. The van der Waals surface area contributed by atoms with E-state index in [0.717, 1.165) is 124 Å². The lowest BCUT2D eigenvalue weighted by Gasteiger charge is -2.47. The van der Waals surface area contributed by atoms with E-state index < -0.39 is 74.0 Å². The van der Waals surface area contributed by atoms with Crippen LogP contribution >= 0.6 is 0 Å². The first-order chi connectivity index (χ1) is 50.0. The van der Waals surface area contributed by atoms with Crippen LogP contribution in [0.25, 0.3) is 0 Å². The van der Waals surface area contributed by atoms with Crippen LogP contribution < -0.4 is 0 Å². The zero-order valence-electron chi connectivity index (χ0n) is 63.8. The topological polar surface area (TPSA) is 167 Å². The highest BCUT2D eigenvalue weighted by Crippen LogP contribution is 2.42. The van der Waals surface area contributed by atoms with Crippen molar-refractivity contribution >= 4 is 11.9 Å². The monoisotopic (exact) mass is 1410 g/mol. The molecule has 4 saturated heterocycles. The molecule has 0 aliphatic carbocycles. The number of hydrogen-bond acceptors (Lipinski definition) is 14. The van der Waals surface area contributed by atoms with Crippen molar-refractivity contribution in [2.75, 3.05) is 26.4 Å². The van der Waals surface area contributed by atoms with Crippen LogP contribution in [0.3, 0.4) is 0 Å². The number of carbonyl (C=O) groups excluding carboxylic acids is 2. The number of carbonyl (C=O) groups is 2. The highest BCUT2D eigenvalue weighted by Gasteiger charge is 2.50. The number of benzene rings is 4. The first-order valence-corrected chi connectivity index (χ1v) is 41.2. The van der Waals surface area contributed by atoms with Gasteiger partial charge in [0.1, 0.15) is 62.0 Å². The Bertz CT molecular complexity index is 2660. The molecule has 0 bridgehead atoms. The Morgan fingerprint density at radius 2 is 0.618 bits per heavy atom. The van der Waals surface area contributed by atoms with Gasteiger partial charge in [-0.05, 0) is 72.6 Å². The second-order valence-electron chi connectivity index (χ2n) is 30.2. The zero-order chi connectivity index (χ0) is 71.9. The average Bonchev–Trinajstić information content (AvgIpc) is 0.782. The van der Waals surface area contributed by atoms with Gasteiger partial charge in [-0.1, -0.05) is 331 Å². The third-order valence-electron chi connectivity index (χ3n) is 21.6. The van der Waals surface area contributed by atoms with Gasteiger partial charge in [0, 0.05) is 35.1 Å². The van der Waals surface area contributed by atoms with Gasteiger partial charge in [-0.25, -0.2) is 0 Å². The lowest BCUT2D eigenvalue weighted by molar-refractivity contribution is -0.373. The zero-order valence-corrected chi connectivity index (χ0v) is 63.8. The highest BCUT2D eigenvalue weighted by molar-refractivity contribution is 5.69. The van der Waals surface area contributed by atoms with Gasteiger partial charge in [0.15, 0.2) is 25.2 Å². The number of rotatable bonds is 51. The van der Waals surface area contributed by atoms with Gasteiger partial charge in [0.2, 0.25) is 0 Å². The SMILES string of the molecule is CCCCCC(CCCCCCCCCCCC(=O)OCC(O)C1OC(c2ccc(CCC)cc2)OC2COC(c3ccc(CCC)cc3)OC21)C(CCCCC)CCCCCCCCCCCC(=O)OCC(O)C1OC(c2ccc(CCC)cc2)OC2COC(c3ccc(CCC)cc3)OC21. The van der Waals surface area contributed by atoms with Gasteiger partial charge in [-0.3, -0.25) is 9.59 Å². The third-order valence-corrected chi connectivity index (χ3v) is 21.6. The van der Waals surface area contributed by atoms with Crippen molar-refractivity contribution in [1.29, 1.82) is 0 Å². The minimum atomic E-state index is -1.12. The molecule has 14 atom stereocenters. The Kier molecular flexibility index (Phi) is 39.0. The lowest BCUT2D eigenvalue weighted by atomic mass is 9.78. The number of aliphatic hydroxyl groups is 2. The number of aryl methyl sites for hydroxylation is 4. The van der Waals surface area contributed by atoms with Gasteiger partial charge in [0.05, 0.1) is 13.2 Å². The number of esters is 2. The fourth-order valence-corrected chi connectivity index (χ4v) is 15.6. The molecule has 4 aromatic rings. The molecule has 0 aromatic heterocycles. The van der Waals surface area contributed by atoms with Crippen molar-refractivity contribution in [3.63, 3.8) is 0 Å². The molecule has 2 N–H and O–H groups in total. The van der Waals surface area contributed by atoms with Crippen molar-refractivity contribution in [2.45, 2.75) is 360 Å². The molecule has 102 heavy (non-hydrogen) atoms. The van der Waals surface area contributed by atoms with E-state index in [1.807, 2.05) is 48.5 Å².